The molecule has 0 aliphatic carbocycles. The van der Waals surface area contributed by atoms with Crippen molar-refractivity contribution in [3.8, 4) is 23.3 Å². The van der Waals surface area contributed by atoms with Gasteiger partial charge in [0.15, 0.2) is 11.5 Å². The highest BCUT2D eigenvalue weighted by Gasteiger charge is 2.39. The molecule has 1 aromatic carbocycles. The lowest BCUT2D eigenvalue weighted by atomic mass is 9.69. The molecule has 0 bridgehead atoms. The number of methoxy groups -OCH3 is 3. The monoisotopic (exact) mass is 488 g/mol. The van der Waals surface area contributed by atoms with E-state index in [-0.39, 0.29) is 5.92 Å². The normalized spacial score (nSPS) is 13.0. The fraction of sp³-hybridized carbons (Fsp3) is 0.767. The van der Waals surface area contributed by atoms with E-state index >= 15 is 0 Å². The van der Waals surface area contributed by atoms with Gasteiger partial charge in [-0.25, -0.2) is 0 Å². The van der Waals surface area contributed by atoms with Gasteiger partial charge < -0.3 is 19.1 Å². The molecule has 0 unspecified atom stereocenters. The van der Waals surface area contributed by atoms with E-state index in [0.29, 0.717) is 17.2 Å². The van der Waals surface area contributed by atoms with E-state index < -0.39 is 5.41 Å². The molecule has 200 valence electrons. The Hall–Kier alpha value is -1.93. The molecule has 0 aliphatic rings. The fourth-order valence-electron chi connectivity index (χ4n) is 5.04. The van der Waals surface area contributed by atoms with Crippen LogP contribution >= 0.6 is 0 Å². The summed E-state index contributed by atoms with van der Waals surface area (Å²) in [6, 6.07) is 6.51. The molecule has 0 fully saturated rings. The molecule has 35 heavy (non-hydrogen) atoms. The molecule has 0 amide bonds. The number of benzene rings is 1. The molecule has 0 aromatic heterocycles. The zero-order chi connectivity index (χ0) is 26.1. The first-order valence-electron chi connectivity index (χ1n) is 13.8. The molecule has 5 nitrogen and oxygen atoms in total. The number of hydrogen-bond acceptors (Lipinski definition) is 5. The summed E-state index contributed by atoms with van der Waals surface area (Å²) >= 11 is 0. The highest BCUT2D eigenvalue weighted by Crippen LogP contribution is 2.48. The Morgan fingerprint density at radius 2 is 1.34 bits per heavy atom. The van der Waals surface area contributed by atoms with Crippen LogP contribution in [0.25, 0.3) is 0 Å². The van der Waals surface area contributed by atoms with Crippen molar-refractivity contribution in [1.29, 1.82) is 5.26 Å². The molecule has 5 heteroatoms. The van der Waals surface area contributed by atoms with E-state index in [9.17, 15) is 5.26 Å². The first-order valence-corrected chi connectivity index (χ1v) is 13.8. The van der Waals surface area contributed by atoms with E-state index in [4.69, 9.17) is 14.2 Å². The Morgan fingerprint density at radius 1 is 0.800 bits per heavy atom. The van der Waals surface area contributed by atoms with Crippen molar-refractivity contribution in [3.05, 3.63) is 17.7 Å². The lowest BCUT2D eigenvalue weighted by Gasteiger charge is -2.34. The quantitative estimate of drug-likeness (QED) is 0.176. The van der Waals surface area contributed by atoms with Gasteiger partial charge in [-0.05, 0) is 57.5 Å². The molecule has 0 aliphatic heterocycles. The molecule has 1 aromatic rings. The molecule has 0 saturated heterocycles. The van der Waals surface area contributed by atoms with Gasteiger partial charge in [0, 0.05) is 5.56 Å². The van der Waals surface area contributed by atoms with Crippen LogP contribution in [0.1, 0.15) is 103 Å². The number of hydrogen-bond donors (Lipinski definition) is 0. The molecule has 1 rings (SSSR count). The molecule has 0 heterocycles. The minimum absolute atomic E-state index is 0.131. The Balaban J connectivity index is 2.59. The van der Waals surface area contributed by atoms with Gasteiger partial charge in [-0.2, -0.15) is 5.26 Å². The van der Waals surface area contributed by atoms with Gasteiger partial charge in [-0.15, -0.1) is 0 Å². The molecular formula is C30H52N2O3. The van der Waals surface area contributed by atoms with E-state index in [1.54, 1.807) is 21.3 Å². The third-order valence-corrected chi connectivity index (χ3v) is 7.37. The maximum Gasteiger partial charge on any atom is 0.203 e. The maximum absolute atomic E-state index is 10.4. The predicted molar refractivity (Wildman–Crippen MR) is 147 cm³/mol. The number of rotatable bonds is 20. The second-order valence-corrected chi connectivity index (χ2v) is 10.2. The Bertz CT molecular complexity index is 744. The average Bonchev–Trinajstić information content (AvgIpc) is 2.86. The van der Waals surface area contributed by atoms with Crippen LogP contribution in [0, 0.1) is 17.2 Å². The van der Waals surface area contributed by atoms with Crippen molar-refractivity contribution in [2.75, 3.05) is 41.5 Å². The van der Waals surface area contributed by atoms with Crippen molar-refractivity contribution in [2.45, 2.75) is 103 Å². The molecule has 0 spiro atoms. The summed E-state index contributed by atoms with van der Waals surface area (Å²) < 4.78 is 16.8. The van der Waals surface area contributed by atoms with Crippen LogP contribution in [-0.4, -0.2) is 46.4 Å². The molecule has 0 saturated carbocycles. The van der Waals surface area contributed by atoms with E-state index in [2.05, 4.69) is 38.8 Å². The summed E-state index contributed by atoms with van der Waals surface area (Å²) in [5.74, 6) is 1.89. The van der Waals surface area contributed by atoms with Gasteiger partial charge in [0.2, 0.25) is 5.75 Å². The SMILES string of the molecule is CCCCCCCCCCCCN(C)CCC[C@@](C#N)(c1ccc(OC)c(OC)c1OC)C(C)C. The van der Waals surface area contributed by atoms with Gasteiger partial charge >= 0.3 is 0 Å². The van der Waals surface area contributed by atoms with Crippen molar-refractivity contribution in [3.63, 3.8) is 0 Å². The Labute approximate surface area is 216 Å². The van der Waals surface area contributed by atoms with Crippen LogP contribution in [-0.2, 0) is 5.41 Å². The van der Waals surface area contributed by atoms with E-state index in [1.165, 1.54) is 64.2 Å². The molecular weight excluding hydrogens is 436 g/mol. The standard InChI is InChI=1S/C30H52N2O3/c1-8-9-10-11-12-13-14-15-16-17-22-32(4)23-18-21-30(24-31,25(2)3)26-19-20-27(33-5)29(35-7)28(26)34-6/h19-20,25H,8-18,21-23H2,1-7H3/t30-/m0/s1. The largest absolute Gasteiger partial charge is 0.493 e. The van der Waals surface area contributed by atoms with Crippen LogP contribution in [0.3, 0.4) is 0 Å². The fourth-order valence-corrected chi connectivity index (χ4v) is 5.04. The van der Waals surface area contributed by atoms with Crippen LogP contribution in [0.15, 0.2) is 12.1 Å². The summed E-state index contributed by atoms with van der Waals surface area (Å²) in [6.07, 6.45) is 15.4. The lowest BCUT2D eigenvalue weighted by Crippen LogP contribution is -2.33. The van der Waals surface area contributed by atoms with Crippen LogP contribution in [0.2, 0.25) is 0 Å². The van der Waals surface area contributed by atoms with Crippen LogP contribution in [0.4, 0.5) is 0 Å². The van der Waals surface area contributed by atoms with Crippen molar-refractivity contribution in [2.24, 2.45) is 5.92 Å². The highest BCUT2D eigenvalue weighted by molar-refractivity contribution is 5.59. The number of unbranched alkanes of at least 4 members (excludes halogenated alkanes) is 9. The topological polar surface area (TPSA) is 54.7 Å². The van der Waals surface area contributed by atoms with E-state index in [1.807, 2.05) is 12.1 Å². The second-order valence-electron chi connectivity index (χ2n) is 10.2. The minimum Gasteiger partial charge on any atom is -0.493 e. The Kier molecular flexibility index (Phi) is 15.5. The van der Waals surface area contributed by atoms with Crippen molar-refractivity contribution < 1.29 is 14.2 Å². The number of ether oxygens (including phenoxy) is 3. The Morgan fingerprint density at radius 3 is 1.83 bits per heavy atom. The summed E-state index contributed by atoms with van der Waals surface area (Å²) in [6.45, 7) is 8.62. The van der Waals surface area contributed by atoms with Crippen molar-refractivity contribution in [1.82, 2.24) is 4.90 Å². The predicted octanol–water partition coefficient (Wildman–Crippen LogP) is 7.76. The van der Waals surface area contributed by atoms with Crippen LogP contribution in [0.5, 0.6) is 17.2 Å². The minimum atomic E-state index is -0.650. The third kappa shape index (κ3) is 9.56. The van der Waals surface area contributed by atoms with Gasteiger partial charge in [-0.3, -0.25) is 0 Å². The second kappa shape index (κ2) is 17.5. The van der Waals surface area contributed by atoms with E-state index in [0.717, 1.165) is 31.5 Å². The van der Waals surface area contributed by atoms with Gasteiger partial charge in [0.05, 0.1) is 32.8 Å². The average molecular weight is 489 g/mol. The van der Waals surface area contributed by atoms with Crippen LogP contribution < -0.4 is 14.2 Å². The summed E-state index contributed by atoms with van der Waals surface area (Å²) in [4.78, 5) is 2.42. The van der Waals surface area contributed by atoms with Gasteiger partial charge in [0.25, 0.3) is 0 Å². The zero-order valence-electron chi connectivity index (χ0n) is 23.8. The van der Waals surface area contributed by atoms with Gasteiger partial charge in [-0.1, -0.05) is 78.6 Å². The number of nitrogens with zero attached hydrogens (tertiary/aromatic N) is 2. The summed E-state index contributed by atoms with van der Waals surface area (Å²) in [5.41, 5.74) is 0.232. The summed E-state index contributed by atoms with van der Waals surface area (Å²) in [5, 5.41) is 10.4. The molecule has 0 N–H and O–H groups in total. The molecule has 0 radical (unpaired) electrons. The number of nitriles is 1. The molecule has 1 atom stereocenters. The zero-order valence-corrected chi connectivity index (χ0v) is 23.8. The van der Waals surface area contributed by atoms with Crippen molar-refractivity contribution >= 4 is 0 Å². The smallest absolute Gasteiger partial charge is 0.203 e. The highest BCUT2D eigenvalue weighted by atomic mass is 16.5. The summed E-state index contributed by atoms with van der Waals surface area (Å²) in [7, 11) is 7.05. The third-order valence-electron chi connectivity index (χ3n) is 7.37. The first kappa shape index (κ1) is 31.1. The lowest BCUT2D eigenvalue weighted by molar-refractivity contribution is 0.276. The first-order chi connectivity index (χ1) is 16.9. The van der Waals surface area contributed by atoms with Gasteiger partial charge in [0.1, 0.15) is 0 Å². The maximum atomic E-state index is 10.4.